The van der Waals surface area contributed by atoms with Gasteiger partial charge in [-0.2, -0.15) is 0 Å². The Morgan fingerprint density at radius 2 is 1.83 bits per heavy atom. The molecule has 23 heavy (non-hydrogen) atoms. The maximum atomic E-state index is 13.0. The largest absolute Gasteiger partial charge is 0.378 e. The standard InChI is InChI=1S/C18H31N2O2P/c1-13(2)17-11-6-14(3)12-18(17)22-23(19,21)16-9-7-15(8-10-16)20(4)5/h7-10,13-14,17-18H,6,11-12H2,1-5H3,(H2,19,21)/t14-,17+,18-,23+/m1/s1. The van der Waals surface area contributed by atoms with Crippen LogP contribution in [0.15, 0.2) is 24.3 Å². The van der Waals surface area contributed by atoms with Crippen molar-refractivity contribution < 1.29 is 9.09 Å². The minimum atomic E-state index is -3.29. The number of hydrogen-bond donors (Lipinski definition) is 1. The highest BCUT2D eigenvalue weighted by Gasteiger charge is 2.36. The maximum Gasteiger partial charge on any atom is 0.297 e. The highest BCUT2D eigenvalue weighted by atomic mass is 31.2. The van der Waals surface area contributed by atoms with Crippen molar-refractivity contribution in [2.24, 2.45) is 23.3 Å². The van der Waals surface area contributed by atoms with Gasteiger partial charge in [0.05, 0.1) is 11.4 Å². The van der Waals surface area contributed by atoms with E-state index in [1.54, 1.807) is 0 Å². The molecule has 2 N–H and O–H groups in total. The van der Waals surface area contributed by atoms with Crippen LogP contribution in [0.3, 0.4) is 0 Å². The maximum absolute atomic E-state index is 13.0. The summed E-state index contributed by atoms with van der Waals surface area (Å²) in [5, 5.41) is 0.601. The first-order valence-electron chi connectivity index (χ1n) is 8.55. The van der Waals surface area contributed by atoms with Crippen LogP contribution in [0.5, 0.6) is 0 Å². The smallest absolute Gasteiger partial charge is 0.297 e. The van der Waals surface area contributed by atoms with Gasteiger partial charge < -0.3 is 9.42 Å². The summed E-state index contributed by atoms with van der Waals surface area (Å²) in [7, 11) is 0.667. The highest BCUT2D eigenvalue weighted by molar-refractivity contribution is 7.64. The minimum absolute atomic E-state index is 0.0110. The average molecular weight is 338 g/mol. The molecule has 1 aromatic carbocycles. The Labute approximate surface area is 140 Å². The van der Waals surface area contributed by atoms with Crippen LogP contribution in [0.1, 0.15) is 40.0 Å². The Kier molecular flexibility index (Phi) is 5.94. The average Bonchev–Trinajstić information content (AvgIpc) is 2.46. The van der Waals surface area contributed by atoms with Gasteiger partial charge in [-0.05, 0) is 54.9 Å². The zero-order valence-electron chi connectivity index (χ0n) is 15.0. The van der Waals surface area contributed by atoms with Crippen molar-refractivity contribution in [1.29, 1.82) is 0 Å². The van der Waals surface area contributed by atoms with Gasteiger partial charge in [-0.3, -0.25) is 10.1 Å². The van der Waals surface area contributed by atoms with Crippen LogP contribution in [-0.4, -0.2) is 20.2 Å². The van der Waals surface area contributed by atoms with E-state index in [0.717, 1.165) is 18.5 Å². The number of nitrogens with zero attached hydrogens (tertiary/aromatic N) is 1. The van der Waals surface area contributed by atoms with Crippen molar-refractivity contribution in [2.75, 3.05) is 19.0 Å². The van der Waals surface area contributed by atoms with Crippen molar-refractivity contribution >= 4 is 18.5 Å². The van der Waals surface area contributed by atoms with E-state index in [1.807, 2.05) is 43.3 Å². The van der Waals surface area contributed by atoms with Gasteiger partial charge in [0.25, 0.3) is 7.52 Å². The van der Waals surface area contributed by atoms with Gasteiger partial charge in [0.1, 0.15) is 0 Å². The molecule has 1 aliphatic carbocycles. The summed E-state index contributed by atoms with van der Waals surface area (Å²) in [5.74, 6) is 1.55. The third-order valence-corrected chi connectivity index (χ3v) is 6.58. The van der Waals surface area contributed by atoms with Crippen LogP contribution < -0.4 is 15.7 Å². The molecule has 0 aliphatic heterocycles. The van der Waals surface area contributed by atoms with E-state index in [2.05, 4.69) is 20.8 Å². The minimum Gasteiger partial charge on any atom is -0.378 e. The number of hydrogen-bond acceptors (Lipinski definition) is 3. The molecule has 0 radical (unpaired) electrons. The van der Waals surface area contributed by atoms with E-state index in [4.69, 9.17) is 10.0 Å². The van der Waals surface area contributed by atoms with Crippen LogP contribution in [0, 0.1) is 17.8 Å². The zero-order valence-corrected chi connectivity index (χ0v) is 15.9. The van der Waals surface area contributed by atoms with E-state index >= 15 is 0 Å². The van der Waals surface area contributed by atoms with Crippen LogP contribution in [0.2, 0.25) is 0 Å². The second-order valence-corrected chi connectivity index (χ2v) is 9.40. The van der Waals surface area contributed by atoms with Gasteiger partial charge in [-0.15, -0.1) is 0 Å². The van der Waals surface area contributed by atoms with Crippen LogP contribution in [0.4, 0.5) is 5.69 Å². The normalized spacial score (nSPS) is 27.7. The second kappa shape index (κ2) is 7.38. The summed E-state index contributed by atoms with van der Waals surface area (Å²) in [4.78, 5) is 2.00. The molecule has 130 valence electrons. The summed E-state index contributed by atoms with van der Waals surface area (Å²) in [6.07, 6.45) is 3.28. The molecule has 0 saturated heterocycles. The van der Waals surface area contributed by atoms with Crippen molar-refractivity contribution in [3.63, 3.8) is 0 Å². The first kappa shape index (κ1) is 18.5. The molecule has 0 spiro atoms. The fraction of sp³-hybridized carbons (Fsp3) is 0.667. The van der Waals surface area contributed by atoms with Crippen molar-refractivity contribution in [3.8, 4) is 0 Å². The zero-order chi connectivity index (χ0) is 17.2. The molecule has 0 amide bonds. The van der Waals surface area contributed by atoms with E-state index in [-0.39, 0.29) is 6.10 Å². The number of rotatable bonds is 5. The van der Waals surface area contributed by atoms with Gasteiger partial charge in [0.2, 0.25) is 0 Å². The second-order valence-electron chi connectivity index (χ2n) is 7.48. The Balaban J connectivity index is 2.16. The summed E-state index contributed by atoms with van der Waals surface area (Å²) in [6.45, 7) is 6.66. The Morgan fingerprint density at radius 3 is 2.35 bits per heavy atom. The molecular weight excluding hydrogens is 307 g/mol. The predicted octanol–water partition coefficient (Wildman–Crippen LogP) is 4.01. The summed E-state index contributed by atoms with van der Waals surface area (Å²) < 4.78 is 19.0. The molecule has 1 aromatic rings. The van der Waals surface area contributed by atoms with Gasteiger partial charge in [0, 0.05) is 19.8 Å². The molecule has 0 unspecified atom stereocenters. The van der Waals surface area contributed by atoms with Crippen LogP contribution in [0.25, 0.3) is 0 Å². The summed E-state index contributed by atoms with van der Waals surface area (Å²) in [5.41, 5.74) is 7.18. The molecule has 5 heteroatoms. The molecule has 4 atom stereocenters. The third-order valence-electron chi connectivity index (χ3n) is 4.98. The van der Waals surface area contributed by atoms with E-state index in [0.29, 0.717) is 23.1 Å². The molecule has 2 rings (SSSR count). The first-order valence-corrected chi connectivity index (χ1v) is 10.2. The third kappa shape index (κ3) is 4.59. The van der Waals surface area contributed by atoms with Crippen molar-refractivity contribution in [1.82, 2.24) is 0 Å². The fourth-order valence-electron chi connectivity index (χ4n) is 3.46. The first-order chi connectivity index (χ1) is 10.7. The lowest BCUT2D eigenvalue weighted by Gasteiger charge is -2.38. The Bertz CT molecular complexity index is 557. The number of nitrogens with two attached hydrogens (primary N) is 1. The highest BCUT2D eigenvalue weighted by Crippen LogP contribution is 2.45. The van der Waals surface area contributed by atoms with Gasteiger partial charge in [-0.25, -0.2) is 0 Å². The van der Waals surface area contributed by atoms with Gasteiger partial charge in [0.15, 0.2) is 0 Å². The lowest BCUT2D eigenvalue weighted by Crippen LogP contribution is -2.35. The van der Waals surface area contributed by atoms with Crippen molar-refractivity contribution in [2.45, 2.75) is 46.1 Å². The van der Waals surface area contributed by atoms with E-state index in [9.17, 15) is 4.57 Å². The van der Waals surface area contributed by atoms with Crippen LogP contribution >= 0.6 is 7.52 Å². The van der Waals surface area contributed by atoms with E-state index < -0.39 is 7.52 Å². The SMILES string of the molecule is CC(C)[C@@H]1CC[C@@H](C)C[C@H]1O[P@@](N)(=O)c1ccc(N(C)C)cc1. The van der Waals surface area contributed by atoms with Crippen LogP contribution in [-0.2, 0) is 9.09 Å². The molecular formula is C18H31N2O2P. The predicted molar refractivity (Wildman–Crippen MR) is 98.4 cm³/mol. The molecule has 1 saturated carbocycles. The number of anilines is 1. The molecule has 0 aromatic heterocycles. The quantitative estimate of drug-likeness (QED) is 0.824. The monoisotopic (exact) mass is 338 g/mol. The topological polar surface area (TPSA) is 55.6 Å². The van der Waals surface area contributed by atoms with Crippen molar-refractivity contribution in [3.05, 3.63) is 24.3 Å². The molecule has 4 nitrogen and oxygen atoms in total. The Morgan fingerprint density at radius 1 is 1.22 bits per heavy atom. The Hall–Kier alpha value is -0.830. The van der Waals surface area contributed by atoms with Gasteiger partial charge >= 0.3 is 0 Å². The lowest BCUT2D eigenvalue weighted by atomic mass is 9.75. The molecule has 1 fully saturated rings. The molecule has 0 bridgehead atoms. The van der Waals surface area contributed by atoms with E-state index in [1.165, 1.54) is 6.42 Å². The summed E-state index contributed by atoms with van der Waals surface area (Å²) >= 11 is 0. The fourth-order valence-corrected chi connectivity index (χ4v) is 4.79. The molecule has 1 aliphatic rings. The molecule has 0 heterocycles. The lowest BCUT2D eigenvalue weighted by molar-refractivity contribution is 0.0498. The summed E-state index contributed by atoms with van der Waals surface area (Å²) in [6, 6.07) is 7.52. The van der Waals surface area contributed by atoms with Gasteiger partial charge in [-0.1, -0.05) is 27.2 Å². The number of benzene rings is 1.